The molecule has 0 saturated carbocycles. The summed E-state index contributed by atoms with van der Waals surface area (Å²) in [5, 5.41) is 4.23. The van der Waals surface area contributed by atoms with Gasteiger partial charge in [0.15, 0.2) is 0 Å². The highest BCUT2D eigenvalue weighted by atomic mass is 35.5. The van der Waals surface area contributed by atoms with Crippen LogP contribution >= 0.6 is 23.2 Å². The molecule has 0 aliphatic carbocycles. The van der Waals surface area contributed by atoms with Crippen LogP contribution in [0.1, 0.15) is 37.0 Å². The zero-order valence-corrected chi connectivity index (χ0v) is 19.7. The van der Waals surface area contributed by atoms with Crippen LogP contribution in [-0.4, -0.2) is 49.7 Å². The minimum absolute atomic E-state index is 0.0613. The summed E-state index contributed by atoms with van der Waals surface area (Å²) in [5.74, 6) is 1.67. The smallest absolute Gasteiger partial charge is 0.251 e. The largest absolute Gasteiger partial charge is 0.497 e. The third-order valence-corrected chi connectivity index (χ3v) is 6.38. The van der Waals surface area contributed by atoms with Gasteiger partial charge in [0, 0.05) is 37.3 Å². The number of ether oxygens (including phenoxy) is 2. The van der Waals surface area contributed by atoms with Gasteiger partial charge in [-0.05, 0) is 49.1 Å². The van der Waals surface area contributed by atoms with Crippen LogP contribution in [0.25, 0.3) is 0 Å². The Labute approximate surface area is 194 Å². The summed E-state index contributed by atoms with van der Waals surface area (Å²) in [6, 6.07) is 12.7. The SMILES string of the molecule is COc1cccc(C(=O)N[C@H](CN2CCC(Oc3ccc(Cl)c(Cl)c3)CC2)C(C)C)c1. The number of nitrogens with zero attached hydrogens (tertiary/aromatic N) is 1. The molecule has 1 aliphatic heterocycles. The quantitative estimate of drug-likeness (QED) is 0.575. The van der Waals surface area contributed by atoms with Crippen LogP contribution in [-0.2, 0) is 0 Å². The van der Waals surface area contributed by atoms with Gasteiger partial charge in [-0.3, -0.25) is 4.79 Å². The van der Waals surface area contributed by atoms with Crippen molar-refractivity contribution in [3.8, 4) is 11.5 Å². The fourth-order valence-corrected chi connectivity index (χ4v) is 3.96. The fourth-order valence-electron chi connectivity index (χ4n) is 3.67. The highest BCUT2D eigenvalue weighted by molar-refractivity contribution is 6.42. The normalized spacial score (nSPS) is 16.2. The molecule has 1 N–H and O–H groups in total. The van der Waals surface area contributed by atoms with Crippen LogP contribution in [0.4, 0.5) is 0 Å². The molecule has 31 heavy (non-hydrogen) atoms. The summed E-state index contributed by atoms with van der Waals surface area (Å²) in [4.78, 5) is 15.1. The molecule has 0 radical (unpaired) electrons. The van der Waals surface area contributed by atoms with Crippen LogP contribution in [0.5, 0.6) is 11.5 Å². The Morgan fingerprint density at radius 3 is 2.48 bits per heavy atom. The maximum absolute atomic E-state index is 12.8. The first kappa shape index (κ1) is 23.7. The number of hydrogen-bond acceptors (Lipinski definition) is 4. The third-order valence-electron chi connectivity index (χ3n) is 5.64. The molecule has 1 atom stereocenters. The minimum Gasteiger partial charge on any atom is -0.497 e. The van der Waals surface area contributed by atoms with E-state index in [9.17, 15) is 4.79 Å². The molecule has 5 nitrogen and oxygen atoms in total. The molecule has 2 aromatic carbocycles. The predicted octanol–water partition coefficient (Wildman–Crippen LogP) is 5.30. The molecule has 1 amide bonds. The number of carbonyl (C=O) groups excluding carboxylic acids is 1. The maximum atomic E-state index is 12.8. The number of methoxy groups -OCH3 is 1. The van der Waals surface area contributed by atoms with E-state index in [0.717, 1.165) is 38.2 Å². The standard InChI is InChI=1S/C24H30Cl2N2O3/c1-16(2)23(27-24(29)17-5-4-6-19(13-17)30-3)15-28-11-9-18(10-12-28)31-20-7-8-21(25)22(26)14-20/h4-8,13-14,16,18,23H,9-12,15H2,1-3H3,(H,27,29)/t23-/m1/s1. The van der Waals surface area contributed by atoms with Crippen molar-refractivity contribution in [1.29, 1.82) is 0 Å². The average Bonchev–Trinajstić information content (AvgIpc) is 2.77. The van der Waals surface area contributed by atoms with E-state index >= 15 is 0 Å². The van der Waals surface area contributed by atoms with Gasteiger partial charge in [0.05, 0.1) is 17.2 Å². The summed E-state index contributed by atoms with van der Waals surface area (Å²) in [5.41, 5.74) is 0.610. The number of carbonyl (C=O) groups is 1. The van der Waals surface area contributed by atoms with E-state index in [1.165, 1.54) is 0 Å². The van der Waals surface area contributed by atoms with Gasteiger partial charge in [-0.2, -0.15) is 0 Å². The van der Waals surface area contributed by atoms with Crippen LogP contribution in [0.15, 0.2) is 42.5 Å². The lowest BCUT2D eigenvalue weighted by molar-refractivity contribution is 0.0807. The van der Waals surface area contributed by atoms with E-state index in [0.29, 0.717) is 27.3 Å². The first-order valence-electron chi connectivity index (χ1n) is 10.6. The van der Waals surface area contributed by atoms with Gasteiger partial charge in [-0.25, -0.2) is 0 Å². The summed E-state index contributed by atoms with van der Waals surface area (Å²) < 4.78 is 11.3. The second-order valence-corrected chi connectivity index (χ2v) is 9.06. The third kappa shape index (κ3) is 6.76. The molecule has 1 fully saturated rings. The van der Waals surface area contributed by atoms with Crippen molar-refractivity contribution in [2.75, 3.05) is 26.7 Å². The van der Waals surface area contributed by atoms with E-state index in [1.807, 2.05) is 18.2 Å². The Hall–Kier alpha value is -1.95. The van der Waals surface area contributed by atoms with Gasteiger partial charge in [0.25, 0.3) is 5.91 Å². The Morgan fingerprint density at radius 2 is 1.84 bits per heavy atom. The van der Waals surface area contributed by atoms with Crippen LogP contribution in [0.2, 0.25) is 10.0 Å². The highest BCUT2D eigenvalue weighted by Crippen LogP contribution is 2.28. The summed E-state index contributed by atoms with van der Waals surface area (Å²) in [6.45, 7) is 6.93. The Balaban J connectivity index is 1.51. The average molecular weight is 465 g/mol. The van der Waals surface area contributed by atoms with E-state index in [2.05, 4.69) is 24.1 Å². The second-order valence-electron chi connectivity index (χ2n) is 8.25. The molecular formula is C24H30Cl2N2O3. The van der Waals surface area contributed by atoms with Gasteiger partial charge in [0.1, 0.15) is 17.6 Å². The fraction of sp³-hybridized carbons (Fsp3) is 0.458. The van der Waals surface area contributed by atoms with Gasteiger partial charge in [-0.15, -0.1) is 0 Å². The van der Waals surface area contributed by atoms with Crippen LogP contribution < -0.4 is 14.8 Å². The zero-order chi connectivity index (χ0) is 22.4. The lowest BCUT2D eigenvalue weighted by Gasteiger charge is -2.35. The van der Waals surface area contributed by atoms with Crippen molar-refractivity contribution >= 4 is 29.1 Å². The second kappa shape index (κ2) is 11.1. The Morgan fingerprint density at radius 1 is 1.10 bits per heavy atom. The summed E-state index contributed by atoms with van der Waals surface area (Å²) in [6.07, 6.45) is 2.00. The maximum Gasteiger partial charge on any atom is 0.251 e. The van der Waals surface area contributed by atoms with E-state index < -0.39 is 0 Å². The van der Waals surface area contributed by atoms with Gasteiger partial charge < -0.3 is 19.7 Å². The van der Waals surface area contributed by atoms with Crippen molar-refractivity contribution in [2.24, 2.45) is 5.92 Å². The van der Waals surface area contributed by atoms with E-state index in [4.69, 9.17) is 32.7 Å². The number of rotatable bonds is 8. The predicted molar refractivity (Wildman–Crippen MR) is 126 cm³/mol. The van der Waals surface area contributed by atoms with Crippen molar-refractivity contribution in [1.82, 2.24) is 10.2 Å². The van der Waals surface area contributed by atoms with Crippen molar-refractivity contribution in [3.63, 3.8) is 0 Å². The molecule has 0 unspecified atom stereocenters. The molecule has 3 rings (SSSR count). The summed E-state index contributed by atoms with van der Waals surface area (Å²) >= 11 is 12.1. The van der Waals surface area contributed by atoms with Crippen LogP contribution in [0, 0.1) is 5.92 Å². The lowest BCUT2D eigenvalue weighted by Crippen LogP contribution is -2.49. The molecular weight excluding hydrogens is 435 g/mol. The van der Waals surface area contributed by atoms with Crippen molar-refractivity contribution < 1.29 is 14.3 Å². The lowest BCUT2D eigenvalue weighted by atomic mass is 10.0. The number of halogens is 2. The number of piperidine rings is 1. The molecule has 0 spiro atoms. The summed E-state index contributed by atoms with van der Waals surface area (Å²) in [7, 11) is 1.60. The highest BCUT2D eigenvalue weighted by Gasteiger charge is 2.25. The minimum atomic E-state index is -0.0737. The number of nitrogens with one attached hydrogen (secondary N) is 1. The number of amides is 1. The molecule has 2 aromatic rings. The number of benzene rings is 2. The Kier molecular flexibility index (Phi) is 8.47. The molecule has 1 saturated heterocycles. The first-order valence-corrected chi connectivity index (χ1v) is 11.4. The van der Waals surface area contributed by atoms with Crippen molar-refractivity contribution in [3.05, 3.63) is 58.1 Å². The van der Waals surface area contributed by atoms with Crippen molar-refractivity contribution in [2.45, 2.75) is 38.8 Å². The van der Waals surface area contributed by atoms with E-state index in [-0.39, 0.29) is 18.1 Å². The molecule has 0 aromatic heterocycles. The van der Waals surface area contributed by atoms with Gasteiger partial charge in [0.2, 0.25) is 0 Å². The topological polar surface area (TPSA) is 50.8 Å². The molecule has 1 aliphatic rings. The molecule has 1 heterocycles. The first-order chi connectivity index (χ1) is 14.9. The number of likely N-dealkylation sites (tertiary alicyclic amines) is 1. The molecule has 168 valence electrons. The van der Waals surface area contributed by atoms with Gasteiger partial charge in [-0.1, -0.05) is 43.1 Å². The Bertz CT molecular complexity index is 883. The molecule has 0 bridgehead atoms. The zero-order valence-electron chi connectivity index (χ0n) is 18.2. The molecule has 7 heteroatoms. The monoisotopic (exact) mass is 464 g/mol. The van der Waals surface area contributed by atoms with E-state index in [1.54, 1.807) is 31.4 Å². The van der Waals surface area contributed by atoms with Gasteiger partial charge >= 0.3 is 0 Å². The van der Waals surface area contributed by atoms with Crippen LogP contribution in [0.3, 0.4) is 0 Å². The number of hydrogen-bond donors (Lipinski definition) is 1.